The Morgan fingerprint density at radius 2 is 0.917 bits per heavy atom. The summed E-state index contributed by atoms with van der Waals surface area (Å²) in [5.41, 5.74) is 6.76. The molecule has 1 fully saturated rings. The minimum absolute atomic E-state index is 0.00309. The molecule has 734 valence electrons. The highest BCUT2D eigenvalue weighted by atomic mass is 32.2. The molecule has 1 heterocycles. The normalized spacial score (nSPS) is 16.0. The Labute approximate surface area is 780 Å². The summed E-state index contributed by atoms with van der Waals surface area (Å²) in [6, 6.07) is 10.4. The third-order valence-electron chi connectivity index (χ3n) is 22.9. The third kappa shape index (κ3) is 40.7. The number of nitrogens with two attached hydrogens (primary N) is 1. The molecule has 40 heteroatoms. The van der Waals surface area contributed by atoms with Gasteiger partial charge in [0.2, 0.25) is 47.3 Å². The van der Waals surface area contributed by atoms with Gasteiger partial charge >= 0.3 is 17.9 Å². The molecule has 0 aliphatic carbocycles. The van der Waals surface area contributed by atoms with Crippen molar-refractivity contribution in [3.63, 3.8) is 0 Å². The van der Waals surface area contributed by atoms with Gasteiger partial charge in [0.1, 0.15) is 29.1 Å². The zero-order chi connectivity index (χ0) is 99.7. The second-order valence-corrected chi connectivity index (χ2v) is 37.6. The summed E-state index contributed by atoms with van der Waals surface area (Å²) in [5, 5.41) is 111. The third-order valence-corrected chi connectivity index (χ3v) is 25.0. The maximum atomic E-state index is 14.9. The molecular formula is C93H131N9O29S2. The number of nitrogens with zero attached hydrogens (tertiary/aromatic N) is 1. The smallest absolute Gasteiger partial charge is 0.304 e. The molecule has 0 spiro atoms. The largest absolute Gasteiger partial charge is 0.508 e. The van der Waals surface area contributed by atoms with Crippen molar-refractivity contribution in [2.75, 3.05) is 44.4 Å². The molecule has 38 nitrogen and oxygen atoms in total. The van der Waals surface area contributed by atoms with E-state index < -0.39 is 296 Å². The lowest BCUT2D eigenvalue weighted by Crippen LogP contribution is -2.52. The highest BCUT2D eigenvalue weighted by molar-refractivity contribution is 8.16. The van der Waals surface area contributed by atoms with E-state index in [2.05, 4.69) is 37.2 Å². The Kier molecular flexibility index (Phi) is 49.4. The van der Waals surface area contributed by atoms with E-state index in [1.165, 1.54) is 48.5 Å². The number of amides is 9. The number of thioether (sulfide) groups is 2. The lowest BCUT2D eigenvalue weighted by atomic mass is 9.85. The predicted octanol–water partition coefficient (Wildman–Crippen LogP) is 3.54. The first-order valence-corrected chi connectivity index (χ1v) is 46.5. The van der Waals surface area contributed by atoms with Crippen LogP contribution in [0.1, 0.15) is 195 Å². The Hall–Kier alpha value is -11.0. The Bertz CT molecular complexity index is 4510. The second kappa shape index (κ2) is 57.5. The van der Waals surface area contributed by atoms with Gasteiger partial charge in [-0.15, -0.1) is 11.8 Å². The predicted molar refractivity (Wildman–Crippen MR) is 487 cm³/mol. The first-order valence-electron chi connectivity index (χ1n) is 44.5. The Morgan fingerprint density at radius 3 is 1.42 bits per heavy atom. The van der Waals surface area contributed by atoms with E-state index in [1.807, 2.05) is 0 Å². The van der Waals surface area contributed by atoms with Crippen LogP contribution in [-0.2, 0) is 110 Å². The van der Waals surface area contributed by atoms with Crippen molar-refractivity contribution in [2.45, 2.75) is 250 Å². The minimum Gasteiger partial charge on any atom is -0.508 e. The average Bonchev–Trinajstić information content (AvgIpc) is 1.65. The van der Waals surface area contributed by atoms with E-state index >= 15 is 0 Å². The number of aliphatic carboxylic acids is 3. The number of benzene rings is 3. The number of phenols is 2. The number of aliphatic hydroxyl groups is 4. The van der Waals surface area contributed by atoms with Crippen molar-refractivity contribution in [1.29, 1.82) is 0 Å². The number of Topliss-reactive ketones (excluding diaryl/α,β-unsaturated/α-hetero) is 8. The second-order valence-electron chi connectivity index (χ2n) is 35.1. The van der Waals surface area contributed by atoms with Crippen molar-refractivity contribution in [3.05, 3.63) is 95.6 Å². The van der Waals surface area contributed by atoms with E-state index in [0.29, 0.717) is 36.9 Å². The monoisotopic (exact) mass is 1900 g/mol. The number of imide groups is 1. The summed E-state index contributed by atoms with van der Waals surface area (Å²) in [6.07, 6.45) is -10.1. The maximum Gasteiger partial charge on any atom is 0.304 e. The molecule has 0 radical (unpaired) electrons. The van der Waals surface area contributed by atoms with Gasteiger partial charge in [-0.1, -0.05) is 95.1 Å². The van der Waals surface area contributed by atoms with E-state index in [0.717, 1.165) is 42.3 Å². The number of phenolic OH excluding ortho intramolecular Hbond substituents is 2. The highest BCUT2D eigenvalue weighted by Gasteiger charge is 2.46. The number of carbonyl (C=O) groups is 20. The van der Waals surface area contributed by atoms with E-state index in [1.54, 1.807) is 78.8 Å². The van der Waals surface area contributed by atoms with Crippen LogP contribution in [0.2, 0.25) is 0 Å². The molecule has 16 atom stereocenters. The van der Waals surface area contributed by atoms with Crippen LogP contribution in [0.4, 0.5) is 4.79 Å². The van der Waals surface area contributed by atoms with E-state index in [9.17, 15) is 142 Å². The van der Waals surface area contributed by atoms with Gasteiger partial charge in [0, 0.05) is 82.2 Å². The summed E-state index contributed by atoms with van der Waals surface area (Å²) < 4.78 is -0.927. The number of hydrogen-bond donors (Lipinski definition) is 17. The summed E-state index contributed by atoms with van der Waals surface area (Å²) in [7, 11) is 0. The van der Waals surface area contributed by atoms with Crippen LogP contribution < -0.4 is 43.0 Å². The molecule has 0 aromatic heterocycles. The van der Waals surface area contributed by atoms with Crippen molar-refractivity contribution < 1.29 is 142 Å². The number of carboxylic acid groups (broad SMARTS) is 3. The number of carboxylic acids is 3. The maximum absolute atomic E-state index is 14.9. The molecule has 3 aromatic carbocycles. The van der Waals surface area contributed by atoms with Crippen LogP contribution in [0.25, 0.3) is 0 Å². The molecule has 3 aromatic rings. The van der Waals surface area contributed by atoms with Crippen molar-refractivity contribution >= 4 is 140 Å². The van der Waals surface area contributed by atoms with Gasteiger partial charge in [0.05, 0.1) is 115 Å². The van der Waals surface area contributed by atoms with Gasteiger partial charge in [-0.05, 0) is 157 Å². The topological polar surface area (TPSA) is 637 Å². The standard InChI is InChI=1S/C93H131N9O29S2/c1-10-52(4)83(79(116)40-60(34-57-21-26-64(107)27-22-57)86(125)97-71(33-51(2)3)75(112)38-61(42-81(119)120)85(124)96-53(5)17-14-15-31-94)101-88(127)63(47-103)41-76(113)72(36-58-23-28-65(108)29-24-58)98-87(126)62(43-82(121)122)39-77(114)74(48-104)100-90(129)70(55(7)106)45-78(115)73(35-56-18-12-11-13-19-56)99-89(128)69(54(6)105)44-67(110)46-95-84(123)59(25-30-80(117)118)37-68(111)50-132-49-66(109)20-16-32-102-91(130)93(8,9)133-92(102)131/h11-13,18-19,21-24,26-29,51-55,59-63,69-74,83,103-108H,10,14-17,20,25,30-50,94H2,1-9H3,(H,95,123)(H,96,124)(H,97,125)(H,98,126)(H,99,128)(H,100,129)(H,101,127)(H,117,118)(H,119,120)(H,121,122)/t52-,53+,54+,55+,59+,60+,61-,62-,63-,69-,70-,71-,72-,73-,74-,83-/m0/s1. The van der Waals surface area contributed by atoms with E-state index in [-0.39, 0.29) is 97.7 Å². The minimum atomic E-state index is -2.00. The van der Waals surface area contributed by atoms with Crippen molar-refractivity contribution in [2.24, 2.45) is 59.0 Å². The van der Waals surface area contributed by atoms with Gasteiger partial charge in [-0.3, -0.25) is 101 Å². The molecule has 1 saturated heterocycles. The lowest BCUT2D eigenvalue weighted by molar-refractivity contribution is -0.143. The fourth-order valence-electron chi connectivity index (χ4n) is 14.9. The van der Waals surface area contributed by atoms with Gasteiger partial charge in [-0.25, -0.2) is 0 Å². The van der Waals surface area contributed by atoms with Gasteiger partial charge < -0.3 is 88.9 Å². The Morgan fingerprint density at radius 1 is 0.451 bits per heavy atom. The molecule has 0 unspecified atom stereocenters. The van der Waals surface area contributed by atoms with Crippen LogP contribution >= 0.6 is 23.5 Å². The molecular weight excluding hydrogens is 1770 g/mol. The van der Waals surface area contributed by atoms with Crippen LogP contribution in [-0.4, -0.2) is 265 Å². The van der Waals surface area contributed by atoms with Crippen LogP contribution in [0.5, 0.6) is 11.5 Å². The molecule has 9 amide bonds. The number of ketones is 8. The molecule has 4 rings (SSSR count). The number of unbranched alkanes of at least 4 members (excludes halogenated alkanes) is 1. The van der Waals surface area contributed by atoms with E-state index in [4.69, 9.17) is 5.73 Å². The Balaban J connectivity index is 1.52. The first kappa shape index (κ1) is 114. The molecule has 18 N–H and O–H groups in total. The number of nitrogens with one attached hydrogen (secondary N) is 7. The number of aromatic hydroxyl groups is 2. The molecule has 0 saturated carbocycles. The fraction of sp³-hybridized carbons (Fsp3) is 0.591. The summed E-state index contributed by atoms with van der Waals surface area (Å²) >= 11 is 1.82. The molecule has 133 heavy (non-hydrogen) atoms. The number of hydrogen-bond acceptors (Lipinski definition) is 29. The zero-order valence-electron chi connectivity index (χ0n) is 76.7. The average molecular weight is 1900 g/mol. The summed E-state index contributed by atoms with van der Waals surface area (Å²) in [6.45, 7) is 11.4. The van der Waals surface area contributed by atoms with Crippen LogP contribution in [0.15, 0.2) is 78.9 Å². The number of carbonyl (C=O) groups excluding carboxylic acids is 17. The zero-order valence-corrected chi connectivity index (χ0v) is 78.3. The number of aliphatic hydroxyl groups excluding tert-OH is 4. The van der Waals surface area contributed by atoms with Crippen molar-refractivity contribution in [1.82, 2.24) is 42.1 Å². The fourth-order valence-corrected chi connectivity index (χ4v) is 16.6. The van der Waals surface area contributed by atoms with Crippen LogP contribution in [0.3, 0.4) is 0 Å². The SMILES string of the molecule is CC[C@H](C)[C@H](NC(=O)[C@H](CO)CC(=O)[C@H](Cc1ccc(O)cc1)NC(=O)[C@H](CC(=O)O)CC(=O)[C@H](CO)NC(=O)[C@@H](CC(=O)[C@H](Cc1ccccc1)NC(=O)[C@@H](CC(=O)CNC(=O)[C@H](CCC(=O)O)CC(=O)CSCC(=O)CCCN1C(=O)SC(C)(C)C1=O)[C@@H](C)O)[C@@H](C)O)C(=O)C[C@@H](Cc1ccc(O)cc1)C(=O)N[C@@H](CC(C)C)C(=O)C[C@@H](CC(=O)O)C(=O)N[C@H](C)CCCCN. The molecule has 1 aliphatic rings. The van der Waals surface area contributed by atoms with Gasteiger partial charge in [-0.2, -0.15) is 0 Å². The number of rotatable bonds is 67. The van der Waals surface area contributed by atoms with Gasteiger partial charge in [0.15, 0.2) is 34.7 Å². The molecule has 0 bridgehead atoms. The van der Waals surface area contributed by atoms with Crippen molar-refractivity contribution in [3.8, 4) is 11.5 Å². The lowest BCUT2D eigenvalue weighted by Gasteiger charge is -2.28. The van der Waals surface area contributed by atoms with Gasteiger partial charge in [0.25, 0.3) is 5.24 Å². The summed E-state index contributed by atoms with van der Waals surface area (Å²) in [4.78, 5) is 273. The summed E-state index contributed by atoms with van der Waals surface area (Å²) in [5.74, 6) is -30.6. The first-order chi connectivity index (χ1) is 62.6. The quantitative estimate of drug-likeness (QED) is 0.0359. The molecule has 1 aliphatic heterocycles. The van der Waals surface area contributed by atoms with Crippen LogP contribution in [0, 0.1) is 53.3 Å². The highest BCUT2D eigenvalue weighted by Crippen LogP contribution is 2.37.